The zero-order valence-corrected chi connectivity index (χ0v) is 9.25. The average molecular weight is 229 g/mol. The Hall–Kier alpha value is 0.803. The van der Waals surface area contributed by atoms with Gasteiger partial charge in [0, 0.05) is 0 Å². The second-order valence-electron chi connectivity index (χ2n) is 1.13. The van der Waals surface area contributed by atoms with Crippen LogP contribution >= 0.6 is 28.3 Å². The summed E-state index contributed by atoms with van der Waals surface area (Å²) >= 11 is 3.07. The van der Waals surface area contributed by atoms with Gasteiger partial charge in [-0.2, -0.15) is 0 Å². The van der Waals surface area contributed by atoms with E-state index in [1.807, 2.05) is 0 Å². The molecule has 0 bridgehead atoms. The molecule has 0 aliphatic heterocycles. The van der Waals surface area contributed by atoms with Crippen LogP contribution in [0, 0.1) is 0 Å². The fourth-order valence-corrected chi connectivity index (χ4v) is 2.09. The van der Waals surface area contributed by atoms with E-state index in [1.165, 1.54) is 22.5 Å². The first-order valence-electron chi connectivity index (χ1n) is 1.74. The molecule has 0 radical (unpaired) electrons. The van der Waals surface area contributed by atoms with E-state index in [0.717, 1.165) is 0 Å². The van der Waals surface area contributed by atoms with Crippen LogP contribution in [0.4, 0.5) is 0 Å². The van der Waals surface area contributed by atoms with E-state index in [9.17, 15) is 0 Å². The van der Waals surface area contributed by atoms with Crippen molar-refractivity contribution in [3.8, 4) is 0 Å². The van der Waals surface area contributed by atoms with Crippen molar-refractivity contribution < 1.29 is 18.3 Å². The Morgan fingerprint density at radius 1 is 1.57 bits per heavy atom. The van der Waals surface area contributed by atoms with Gasteiger partial charge in [-0.15, -0.1) is 17.0 Å². The van der Waals surface area contributed by atoms with E-state index in [0.29, 0.717) is 0 Å². The molecule has 0 aromatic carbocycles. The van der Waals surface area contributed by atoms with Crippen molar-refractivity contribution in [2.45, 2.75) is 0 Å². The van der Waals surface area contributed by atoms with Gasteiger partial charge in [-0.1, -0.05) is 0 Å². The molecular weight excluding hydrogens is 225 g/mol. The van der Waals surface area contributed by atoms with E-state index in [2.05, 4.69) is 16.8 Å². The SMILES string of the molecule is Br.[Zn][c]1ccsc1. The molecule has 0 fully saturated rings. The molecule has 1 aromatic rings. The van der Waals surface area contributed by atoms with Crippen LogP contribution < -0.4 is 4.16 Å². The van der Waals surface area contributed by atoms with Gasteiger partial charge in [-0.25, -0.2) is 0 Å². The Morgan fingerprint density at radius 3 is 2.43 bits per heavy atom. The molecule has 0 spiro atoms. The Labute approximate surface area is 67.4 Å². The zero-order chi connectivity index (χ0) is 4.41. The molecule has 1 rings (SSSR count). The average Bonchev–Trinajstić information content (AvgIpc) is 1.86. The molecule has 0 unspecified atom stereocenters. The molecule has 0 N–H and O–H groups in total. The summed E-state index contributed by atoms with van der Waals surface area (Å²) < 4.78 is 1.49. The van der Waals surface area contributed by atoms with Crippen molar-refractivity contribution in [3.63, 3.8) is 0 Å². The molecule has 0 saturated carbocycles. The van der Waals surface area contributed by atoms with Gasteiger partial charge in [-0.05, 0) is 0 Å². The fraction of sp³-hybridized carbons (Fsp3) is 0. The summed E-state index contributed by atoms with van der Waals surface area (Å²) in [6.45, 7) is 0. The van der Waals surface area contributed by atoms with Crippen LogP contribution in [0.5, 0.6) is 0 Å². The van der Waals surface area contributed by atoms with Gasteiger partial charge in [0.1, 0.15) is 0 Å². The van der Waals surface area contributed by atoms with Crippen molar-refractivity contribution in [3.05, 3.63) is 16.8 Å². The van der Waals surface area contributed by atoms with Crippen molar-refractivity contribution >= 4 is 32.5 Å². The number of thiophene rings is 1. The first-order chi connectivity index (χ1) is 2.89. The van der Waals surface area contributed by atoms with E-state index < -0.39 is 0 Å². The van der Waals surface area contributed by atoms with Crippen molar-refractivity contribution in [2.24, 2.45) is 0 Å². The number of hydrogen-bond acceptors (Lipinski definition) is 1. The van der Waals surface area contributed by atoms with Gasteiger partial charge in [0.2, 0.25) is 0 Å². The quantitative estimate of drug-likeness (QED) is 0.592. The third kappa shape index (κ3) is 2.58. The predicted octanol–water partition coefficient (Wildman–Crippen LogP) is 1.50. The second-order valence-corrected chi connectivity index (χ2v) is 3.62. The van der Waals surface area contributed by atoms with E-state index >= 15 is 0 Å². The Morgan fingerprint density at radius 2 is 2.29 bits per heavy atom. The second kappa shape index (κ2) is 3.76. The minimum absolute atomic E-state index is 0. The summed E-state index contributed by atoms with van der Waals surface area (Å²) in [4.78, 5) is 0. The summed E-state index contributed by atoms with van der Waals surface area (Å²) in [6, 6.07) is 2.16. The summed E-state index contributed by atoms with van der Waals surface area (Å²) in [5.74, 6) is 0. The molecule has 0 saturated heterocycles. The van der Waals surface area contributed by atoms with Crippen molar-refractivity contribution in [1.82, 2.24) is 0 Å². The fourth-order valence-electron chi connectivity index (χ4n) is 0.293. The van der Waals surface area contributed by atoms with Crippen LogP contribution in [0.1, 0.15) is 0 Å². The van der Waals surface area contributed by atoms with Crippen LogP contribution in [-0.2, 0) is 18.3 Å². The van der Waals surface area contributed by atoms with E-state index in [-0.39, 0.29) is 17.0 Å². The third-order valence-electron chi connectivity index (χ3n) is 0.580. The number of halogens is 1. The Bertz CT molecular complexity index is 115. The third-order valence-corrected chi connectivity index (χ3v) is 2.86. The molecule has 7 heavy (non-hydrogen) atoms. The van der Waals surface area contributed by atoms with Gasteiger partial charge in [-0.3, -0.25) is 0 Å². The number of rotatable bonds is 0. The van der Waals surface area contributed by atoms with Gasteiger partial charge < -0.3 is 0 Å². The molecular formula is C4H4BrSZn. The monoisotopic (exact) mass is 227 g/mol. The molecule has 3 heteroatoms. The number of hydrogen-bond donors (Lipinski definition) is 0. The molecule has 0 atom stereocenters. The maximum absolute atomic E-state index is 2.18. The molecule has 0 aliphatic rings. The van der Waals surface area contributed by atoms with Gasteiger partial charge >= 0.3 is 50.6 Å². The predicted molar refractivity (Wildman–Crippen MR) is 34.3 cm³/mol. The standard InChI is InChI=1S/C4H3S.BrH.Zn/c1-2-4-5-3-1;;/h1,3-4H;1H;. The van der Waals surface area contributed by atoms with Crippen molar-refractivity contribution in [1.29, 1.82) is 0 Å². The summed E-state index contributed by atoms with van der Waals surface area (Å²) in [6.07, 6.45) is 0. The summed E-state index contributed by atoms with van der Waals surface area (Å²) in [5.41, 5.74) is 0. The van der Waals surface area contributed by atoms with Gasteiger partial charge in [0.25, 0.3) is 0 Å². The molecule has 35 valence electrons. The van der Waals surface area contributed by atoms with Crippen LogP contribution in [-0.4, -0.2) is 0 Å². The summed E-state index contributed by atoms with van der Waals surface area (Å²) in [5, 5.41) is 4.29. The normalized spacial score (nSPS) is 7.71. The van der Waals surface area contributed by atoms with Crippen LogP contribution in [0.15, 0.2) is 16.8 Å². The first-order valence-corrected chi connectivity index (χ1v) is 4.16. The Kier molecular flexibility index (Phi) is 4.19. The van der Waals surface area contributed by atoms with E-state index in [4.69, 9.17) is 0 Å². The van der Waals surface area contributed by atoms with Gasteiger partial charge in [0.05, 0.1) is 0 Å². The first kappa shape index (κ1) is 7.80. The summed E-state index contributed by atoms with van der Waals surface area (Å²) in [7, 11) is 0. The minimum atomic E-state index is 0. The molecule has 1 heterocycles. The molecule has 0 nitrogen and oxygen atoms in total. The maximum atomic E-state index is 2.18. The van der Waals surface area contributed by atoms with Crippen LogP contribution in [0.2, 0.25) is 0 Å². The van der Waals surface area contributed by atoms with Crippen LogP contribution in [0.3, 0.4) is 0 Å². The molecule has 0 aliphatic carbocycles. The zero-order valence-electron chi connectivity index (χ0n) is 3.76. The Balaban J connectivity index is 0.000000360. The molecule has 1 aromatic heterocycles. The van der Waals surface area contributed by atoms with Crippen molar-refractivity contribution in [2.75, 3.05) is 0 Å². The topological polar surface area (TPSA) is 0 Å². The van der Waals surface area contributed by atoms with Gasteiger partial charge in [0.15, 0.2) is 0 Å². The van der Waals surface area contributed by atoms with E-state index in [1.54, 1.807) is 11.3 Å². The van der Waals surface area contributed by atoms with Crippen LogP contribution in [0.25, 0.3) is 0 Å². The molecule has 0 amide bonds.